The van der Waals surface area contributed by atoms with Gasteiger partial charge in [0.2, 0.25) is 15.9 Å². The Morgan fingerprint density at radius 1 is 1.21 bits per heavy atom. The summed E-state index contributed by atoms with van der Waals surface area (Å²) in [6.07, 6.45) is 0.602. The van der Waals surface area contributed by atoms with Crippen LogP contribution in [0.1, 0.15) is 39.5 Å². The normalized spacial score (nSPS) is 12.6. The molecular weight excluding hydrogens is 370 g/mol. The molecule has 1 heterocycles. The number of hydrogen-bond acceptors (Lipinski definition) is 5. The Bertz CT molecular complexity index is 644. The van der Waals surface area contributed by atoms with Gasteiger partial charge in [-0.1, -0.05) is 20.8 Å². The summed E-state index contributed by atoms with van der Waals surface area (Å²) >= 11 is 1.21. The lowest BCUT2D eigenvalue weighted by atomic mass is 9.96. The molecule has 4 N–H and O–H groups in total. The van der Waals surface area contributed by atoms with Gasteiger partial charge in [-0.15, -0.1) is 23.7 Å². The first kappa shape index (κ1) is 23.3. The molecule has 0 spiro atoms. The van der Waals surface area contributed by atoms with Crippen LogP contribution in [0.2, 0.25) is 0 Å². The first-order valence-corrected chi connectivity index (χ1v) is 9.77. The molecule has 1 rings (SSSR count). The van der Waals surface area contributed by atoms with E-state index in [1.54, 1.807) is 26.0 Å². The van der Waals surface area contributed by atoms with Crippen LogP contribution < -0.4 is 15.8 Å². The molecule has 0 radical (unpaired) electrons. The van der Waals surface area contributed by atoms with Gasteiger partial charge >= 0.3 is 0 Å². The lowest BCUT2D eigenvalue weighted by molar-refractivity contribution is -0.128. The van der Waals surface area contributed by atoms with Crippen LogP contribution in [-0.2, 0) is 21.2 Å². The predicted octanol–water partition coefficient (Wildman–Crippen LogP) is 1.89. The van der Waals surface area contributed by atoms with Gasteiger partial charge in [0.25, 0.3) is 0 Å². The second-order valence-corrected chi connectivity index (χ2v) is 10.5. The fourth-order valence-electron chi connectivity index (χ4n) is 1.55. The molecule has 0 saturated heterocycles. The number of rotatable bonds is 7. The van der Waals surface area contributed by atoms with Crippen molar-refractivity contribution in [1.29, 1.82) is 0 Å². The highest BCUT2D eigenvalue weighted by molar-refractivity contribution is 7.91. The van der Waals surface area contributed by atoms with Gasteiger partial charge in [-0.2, -0.15) is 0 Å². The van der Waals surface area contributed by atoms with E-state index in [-0.39, 0.29) is 29.1 Å². The second kappa shape index (κ2) is 8.62. The van der Waals surface area contributed by atoms with Gasteiger partial charge in [-0.05, 0) is 32.4 Å². The van der Waals surface area contributed by atoms with E-state index in [0.717, 1.165) is 4.88 Å². The van der Waals surface area contributed by atoms with Crippen molar-refractivity contribution in [2.75, 3.05) is 13.1 Å². The van der Waals surface area contributed by atoms with E-state index < -0.39 is 21.0 Å². The fraction of sp³-hybridized carbons (Fsp3) is 0.667. The van der Waals surface area contributed by atoms with Crippen molar-refractivity contribution in [1.82, 2.24) is 10.0 Å². The Kier molecular flexibility index (Phi) is 8.38. The second-order valence-electron chi connectivity index (χ2n) is 7.29. The van der Waals surface area contributed by atoms with Gasteiger partial charge in [0.05, 0.1) is 0 Å². The van der Waals surface area contributed by atoms with Crippen LogP contribution in [0.4, 0.5) is 0 Å². The maximum Gasteiger partial charge on any atom is 0.250 e. The van der Waals surface area contributed by atoms with Crippen LogP contribution in [-0.4, -0.2) is 33.0 Å². The maximum absolute atomic E-state index is 12.2. The third-order valence-corrected chi connectivity index (χ3v) is 6.00. The first-order chi connectivity index (χ1) is 10.3. The van der Waals surface area contributed by atoms with E-state index in [1.165, 1.54) is 11.3 Å². The van der Waals surface area contributed by atoms with Gasteiger partial charge < -0.3 is 11.1 Å². The predicted molar refractivity (Wildman–Crippen MR) is 101 cm³/mol. The average molecular weight is 398 g/mol. The molecule has 0 aliphatic rings. The molecule has 9 heteroatoms. The standard InChI is InChI=1S/C15H27N3O3S2.ClH/c1-14(2,3)13(19)17-9-8-11-6-7-12(22-11)23(20,21)18-10-15(4,5)16;/h6-7,18H,8-10,16H2,1-5H3,(H,17,19);1H. The topological polar surface area (TPSA) is 101 Å². The quantitative estimate of drug-likeness (QED) is 0.653. The Labute approximate surface area is 155 Å². The molecule has 1 aromatic rings. The van der Waals surface area contributed by atoms with Crippen LogP contribution in [0.15, 0.2) is 16.3 Å². The Morgan fingerprint density at radius 3 is 2.29 bits per heavy atom. The highest BCUT2D eigenvalue weighted by Gasteiger charge is 2.22. The van der Waals surface area contributed by atoms with Crippen LogP contribution >= 0.6 is 23.7 Å². The molecule has 0 atom stereocenters. The maximum atomic E-state index is 12.2. The van der Waals surface area contributed by atoms with Crippen molar-refractivity contribution >= 4 is 39.7 Å². The molecule has 24 heavy (non-hydrogen) atoms. The zero-order valence-electron chi connectivity index (χ0n) is 14.8. The van der Waals surface area contributed by atoms with Crippen molar-refractivity contribution < 1.29 is 13.2 Å². The molecule has 140 valence electrons. The van der Waals surface area contributed by atoms with Crippen LogP contribution in [0.5, 0.6) is 0 Å². The number of carbonyl (C=O) groups is 1. The van der Waals surface area contributed by atoms with E-state index in [1.807, 2.05) is 20.8 Å². The van der Waals surface area contributed by atoms with Crippen LogP contribution in [0, 0.1) is 5.41 Å². The number of carbonyl (C=O) groups excluding carboxylic acids is 1. The molecule has 0 aromatic carbocycles. The largest absolute Gasteiger partial charge is 0.355 e. The van der Waals surface area contributed by atoms with Gasteiger partial charge in [0.15, 0.2) is 0 Å². The lowest BCUT2D eigenvalue weighted by Gasteiger charge is -2.18. The smallest absolute Gasteiger partial charge is 0.250 e. The molecule has 1 aromatic heterocycles. The van der Waals surface area contributed by atoms with Crippen molar-refractivity contribution in [3.8, 4) is 0 Å². The van der Waals surface area contributed by atoms with Gasteiger partial charge in [0, 0.05) is 28.9 Å². The first-order valence-electron chi connectivity index (χ1n) is 7.47. The third kappa shape index (κ3) is 7.94. The van der Waals surface area contributed by atoms with Gasteiger partial charge in [-0.25, -0.2) is 13.1 Å². The number of amides is 1. The van der Waals surface area contributed by atoms with E-state index >= 15 is 0 Å². The fourth-order valence-corrected chi connectivity index (χ4v) is 4.18. The monoisotopic (exact) mass is 397 g/mol. The van der Waals surface area contributed by atoms with E-state index in [2.05, 4.69) is 10.0 Å². The van der Waals surface area contributed by atoms with E-state index in [4.69, 9.17) is 5.73 Å². The zero-order valence-corrected chi connectivity index (χ0v) is 17.3. The molecule has 0 bridgehead atoms. The molecule has 0 fully saturated rings. The summed E-state index contributed by atoms with van der Waals surface area (Å²) in [5.41, 5.74) is 4.76. The summed E-state index contributed by atoms with van der Waals surface area (Å²) in [5, 5.41) is 2.85. The summed E-state index contributed by atoms with van der Waals surface area (Å²) in [4.78, 5) is 12.7. The Balaban J connectivity index is 0.00000529. The molecule has 0 saturated carbocycles. The minimum Gasteiger partial charge on any atom is -0.355 e. The number of nitrogens with one attached hydrogen (secondary N) is 2. The molecule has 0 aliphatic carbocycles. The summed E-state index contributed by atoms with van der Waals surface area (Å²) in [6, 6.07) is 3.35. The van der Waals surface area contributed by atoms with E-state index in [0.29, 0.717) is 13.0 Å². The molecule has 0 unspecified atom stereocenters. The Morgan fingerprint density at radius 2 is 1.79 bits per heavy atom. The number of hydrogen-bond donors (Lipinski definition) is 3. The summed E-state index contributed by atoms with van der Waals surface area (Å²) in [6.45, 7) is 9.72. The zero-order chi connectivity index (χ0) is 17.9. The number of nitrogens with two attached hydrogens (primary N) is 1. The van der Waals surface area contributed by atoms with Crippen molar-refractivity contribution in [2.45, 2.75) is 50.8 Å². The molecule has 6 nitrogen and oxygen atoms in total. The lowest BCUT2D eigenvalue weighted by Crippen LogP contribution is -2.44. The summed E-state index contributed by atoms with van der Waals surface area (Å²) in [5.74, 6) is -0.0197. The third-order valence-electron chi connectivity index (χ3n) is 2.96. The summed E-state index contributed by atoms with van der Waals surface area (Å²) in [7, 11) is -3.54. The highest BCUT2D eigenvalue weighted by atomic mass is 35.5. The van der Waals surface area contributed by atoms with Crippen LogP contribution in [0.3, 0.4) is 0 Å². The average Bonchev–Trinajstić information content (AvgIpc) is 2.84. The highest BCUT2D eigenvalue weighted by Crippen LogP contribution is 2.22. The van der Waals surface area contributed by atoms with E-state index in [9.17, 15) is 13.2 Å². The Hall–Kier alpha value is -0.670. The molecule has 1 amide bonds. The van der Waals surface area contributed by atoms with Crippen molar-refractivity contribution in [2.24, 2.45) is 11.1 Å². The molecular formula is C15H28ClN3O3S2. The minimum atomic E-state index is -3.54. The van der Waals surface area contributed by atoms with Crippen molar-refractivity contribution in [3.63, 3.8) is 0 Å². The number of sulfonamides is 1. The van der Waals surface area contributed by atoms with Crippen LogP contribution in [0.25, 0.3) is 0 Å². The van der Waals surface area contributed by atoms with Gasteiger partial charge in [-0.3, -0.25) is 4.79 Å². The van der Waals surface area contributed by atoms with Crippen molar-refractivity contribution in [3.05, 3.63) is 17.0 Å². The summed E-state index contributed by atoms with van der Waals surface area (Å²) < 4.78 is 27.1. The number of thiophene rings is 1. The number of halogens is 1. The SMILES string of the molecule is CC(C)(N)CNS(=O)(=O)c1ccc(CCNC(=O)C(C)(C)C)s1.Cl. The molecule has 0 aliphatic heterocycles. The minimum absolute atomic E-state index is 0. The van der Waals surface area contributed by atoms with Gasteiger partial charge in [0.1, 0.15) is 4.21 Å².